The van der Waals surface area contributed by atoms with Crippen LogP contribution in [0.15, 0.2) is 109 Å². The molecule has 0 aliphatic heterocycles. The fourth-order valence-electron chi connectivity index (χ4n) is 4.38. The van der Waals surface area contributed by atoms with E-state index in [2.05, 4.69) is 114 Å². The standard InChI is InChI=1S/C28H20N2/c1-2-10-23-18-20(16-17-21(23)8-1)19-30-27-15-6-5-14-26(27)29-28(30)25-13-7-11-22-9-3-4-12-24(22)25/h1-18H,19H2. The molecule has 0 unspecified atom stereocenters. The lowest BCUT2D eigenvalue weighted by atomic mass is 10.0. The van der Waals surface area contributed by atoms with Crippen molar-refractivity contribution in [2.45, 2.75) is 6.54 Å². The van der Waals surface area contributed by atoms with E-state index in [1.165, 1.54) is 32.7 Å². The first-order chi connectivity index (χ1) is 14.9. The smallest absolute Gasteiger partial charge is 0.142 e. The molecule has 0 N–H and O–H groups in total. The number of para-hydroxylation sites is 2. The molecule has 0 aliphatic rings. The van der Waals surface area contributed by atoms with Crippen LogP contribution in [-0.4, -0.2) is 9.55 Å². The summed E-state index contributed by atoms with van der Waals surface area (Å²) >= 11 is 0. The first-order valence-electron chi connectivity index (χ1n) is 10.3. The van der Waals surface area contributed by atoms with Gasteiger partial charge in [-0.15, -0.1) is 0 Å². The Morgan fingerprint density at radius 1 is 0.600 bits per heavy atom. The maximum Gasteiger partial charge on any atom is 0.142 e. The molecule has 30 heavy (non-hydrogen) atoms. The van der Waals surface area contributed by atoms with Crippen LogP contribution < -0.4 is 0 Å². The minimum Gasteiger partial charge on any atom is -0.319 e. The molecular formula is C28H20N2. The fourth-order valence-corrected chi connectivity index (χ4v) is 4.38. The molecule has 6 aromatic rings. The van der Waals surface area contributed by atoms with Crippen molar-refractivity contribution in [3.63, 3.8) is 0 Å². The van der Waals surface area contributed by atoms with E-state index in [0.717, 1.165) is 23.4 Å². The van der Waals surface area contributed by atoms with Gasteiger partial charge in [-0.2, -0.15) is 0 Å². The molecule has 0 bridgehead atoms. The Bertz CT molecular complexity index is 1520. The van der Waals surface area contributed by atoms with Crippen LogP contribution >= 0.6 is 0 Å². The van der Waals surface area contributed by atoms with E-state index in [-0.39, 0.29) is 0 Å². The molecule has 2 nitrogen and oxygen atoms in total. The molecule has 142 valence electrons. The Balaban J connectivity index is 1.57. The van der Waals surface area contributed by atoms with Crippen molar-refractivity contribution in [1.29, 1.82) is 0 Å². The fraction of sp³-hybridized carbons (Fsp3) is 0.0357. The van der Waals surface area contributed by atoms with Crippen LogP contribution in [0, 0.1) is 0 Å². The molecule has 0 atom stereocenters. The van der Waals surface area contributed by atoms with E-state index in [1.54, 1.807) is 0 Å². The molecule has 1 heterocycles. The van der Waals surface area contributed by atoms with Crippen LogP contribution in [0.4, 0.5) is 0 Å². The van der Waals surface area contributed by atoms with Crippen LogP contribution in [0.2, 0.25) is 0 Å². The molecule has 5 aromatic carbocycles. The lowest BCUT2D eigenvalue weighted by Crippen LogP contribution is -2.02. The van der Waals surface area contributed by atoms with Crippen molar-refractivity contribution in [1.82, 2.24) is 9.55 Å². The van der Waals surface area contributed by atoms with Crippen molar-refractivity contribution >= 4 is 32.6 Å². The summed E-state index contributed by atoms with van der Waals surface area (Å²) in [6, 6.07) is 38.7. The van der Waals surface area contributed by atoms with E-state index in [0.29, 0.717) is 0 Å². The minimum atomic E-state index is 0.782. The van der Waals surface area contributed by atoms with Crippen molar-refractivity contribution in [3.8, 4) is 11.4 Å². The first kappa shape index (κ1) is 17.0. The third-order valence-corrected chi connectivity index (χ3v) is 5.84. The van der Waals surface area contributed by atoms with Gasteiger partial charge in [-0.25, -0.2) is 4.98 Å². The Kier molecular flexibility index (Phi) is 3.88. The summed E-state index contributed by atoms with van der Waals surface area (Å²) in [7, 11) is 0. The minimum absolute atomic E-state index is 0.782. The molecule has 0 amide bonds. The molecule has 0 spiro atoms. The Hall–Kier alpha value is -3.91. The number of benzene rings is 5. The van der Waals surface area contributed by atoms with Gasteiger partial charge in [0.1, 0.15) is 5.82 Å². The summed E-state index contributed by atoms with van der Waals surface area (Å²) < 4.78 is 2.35. The number of rotatable bonds is 3. The second kappa shape index (κ2) is 6.85. The zero-order valence-corrected chi connectivity index (χ0v) is 16.5. The Morgan fingerprint density at radius 2 is 1.33 bits per heavy atom. The molecular weight excluding hydrogens is 364 g/mol. The normalized spacial score (nSPS) is 11.5. The van der Waals surface area contributed by atoms with E-state index in [4.69, 9.17) is 4.98 Å². The number of hydrogen-bond donors (Lipinski definition) is 0. The van der Waals surface area contributed by atoms with Crippen LogP contribution in [-0.2, 0) is 6.54 Å². The zero-order valence-electron chi connectivity index (χ0n) is 16.5. The van der Waals surface area contributed by atoms with Gasteiger partial charge in [0.15, 0.2) is 0 Å². The number of nitrogens with zero attached hydrogens (tertiary/aromatic N) is 2. The molecule has 0 fully saturated rings. The van der Waals surface area contributed by atoms with Crippen molar-refractivity contribution < 1.29 is 0 Å². The van der Waals surface area contributed by atoms with Crippen molar-refractivity contribution in [3.05, 3.63) is 115 Å². The average molecular weight is 384 g/mol. The summed E-state index contributed by atoms with van der Waals surface area (Å²) in [4.78, 5) is 5.05. The molecule has 2 heteroatoms. The quantitative estimate of drug-likeness (QED) is 0.319. The van der Waals surface area contributed by atoms with Gasteiger partial charge in [0.25, 0.3) is 0 Å². The molecule has 1 aromatic heterocycles. The Labute approximate surface area is 175 Å². The highest BCUT2D eigenvalue weighted by Crippen LogP contribution is 2.31. The maximum atomic E-state index is 5.05. The largest absolute Gasteiger partial charge is 0.319 e. The monoisotopic (exact) mass is 384 g/mol. The summed E-state index contributed by atoms with van der Waals surface area (Å²) in [5.74, 6) is 1.01. The summed E-state index contributed by atoms with van der Waals surface area (Å²) in [5, 5.41) is 5.01. The first-order valence-corrected chi connectivity index (χ1v) is 10.3. The van der Waals surface area contributed by atoms with E-state index < -0.39 is 0 Å². The number of imidazole rings is 1. The van der Waals surface area contributed by atoms with Crippen LogP contribution in [0.1, 0.15) is 5.56 Å². The molecule has 0 radical (unpaired) electrons. The van der Waals surface area contributed by atoms with Gasteiger partial charge in [0.2, 0.25) is 0 Å². The number of fused-ring (bicyclic) bond motifs is 3. The van der Waals surface area contributed by atoms with Crippen molar-refractivity contribution in [2.24, 2.45) is 0 Å². The average Bonchev–Trinajstić information content (AvgIpc) is 3.17. The molecule has 6 rings (SSSR count). The van der Waals surface area contributed by atoms with Gasteiger partial charge in [-0.3, -0.25) is 0 Å². The third-order valence-electron chi connectivity index (χ3n) is 5.84. The van der Waals surface area contributed by atoms with E-state index >= 15 is 0 Å². The Morgan fingerprint density at radius 3 is 2.27 bits per heavy atom. The van der Waals surface area contributed by atoms with Gasteiger partial charge in [-0.05, 0) is 45.3 Å². The predicted octanol–water partition coefficient (Wildman–Crippen LogP) is 7.06. The van der Waals surface area contributed by atoms with E-state index in [1.807, 2.05) is 0 Å². The molecule has 0 saturated heterocycles. The third kappa shape index (κ3) is 2.77. The molecule has 0 aliphatic carbocycles. The van der Waals surface area contributed by atoms with Gasteiger partial charge >= 0.3 is 0 Å². The maximum absolute atomic E-state index is 5.05. The van der Waals surface area contributed by atoms with Crippen LogP contribution in [0.25, 0.3) is 44.0 Å². The summed E-state index contributed by atoms with van der Waals surface area (Å²) in [6.07, 6.45) is 0. The zero-order chi connectivity index (χ0) is 19.9. The van der Waals surface area contributed by atoms with Gasteiger partial charge in [-0.1, -0.05) is 91.0 Å². The van der Waals surface area contributed by atoms with Crippen LogP contribution in [0.5, 0.6) is 0 Å². The predicted molar refractivity (Wildman–Crippen MR) is 126 cm³/mol. The molecule has 0 saturated carbocycles. The highest BCUT2D eigenvalue weighted by Gasteiger charge is 2.15. The topological polar surface area (TPSA) is 17.8 Å². The van der Waals surface area contributed by atoms with Crippen molar-refractivity contribution in [2.75, 3.05) is 0 Å². The van der Waals surface area contributed by atoms with E-state index in [9.17, 15) is 0 Å². The lowest BCUT2D eigenvalue weighted by molar-refractivity contribution is 0.836. The number of aromatic nitrogens is 2. The second-order valence-electron chi connectivity index (χ2n) is 7.72. The summed E-state index contributed by atoms with van der Waals surface area (Å²) in [6.45, 7) is 0.782. The highest BCUT2D eigenvalue weighted by atomic mass is 15.1. The number of hydrogen-bond acceptors (Lipinski definition) is 1. The highest BCUT2D eigenvalue weighted by molar-refractivity contribution is 5.97. The second-order valence-corrected chi connectivity index (χ2v) is 7.72. The lowest BCUT2D eigenvalue weighted by Gasteiger charge is -2.12. The summed E-state index contributed by atoms with van der Waals surface area (Å²) in [5.41, 5.74) is 4.64. The van der Waals surface area contributed by atoms with Gasteiger partial charge in [0, 0.05) is 12.1 Å². The van der Waals surface area contributed by atoms with Gasteiger partial charge in [0.05, 0.1) is 11.0 Å². The SMILES string of the molecule is c1ccc2cc(Cn3c(-c4cccc5ccccc45)nc4ccccc43)ccc2c1. The van der Waals surface area contributed by atoms with Gasteiger partial charge < -0.3 is 4.57 Å². The van der Waals surface area contributed by atoms with Crippen LogP contribution in [0.3, 0.4) is 0 Å².